The Labute approximate surface area is 117 Å². The minimum atomic E-state index is -1.11. The fraction of sp³-hybridized carbons (Fsp3) is 0.0769. The van der Waals surface area contributed by atoms with Crippen LogP contribution in [0.15, 0.2) is 35.4 Å². The number of H-pyrrole nitrogens is 1. The van der Waals surface area contributed by atoms with Crippen LogP contribution in [0.3, 0.4) is 0 Å². The van der Waals surface area contributed by atoms with E-state index >= 15 is 0 Å². The van der Waals surface area contributed by atoms with Crippen molar-refractivity contribution in [3.63, 3.8) is 0 Å². The topological polar surface area (TPSA) is 110 Å². The molecule has 21 heavy (non-hydrogen) atoms. The van der Waals surface area contributed by atoms with E-state index in [1.807, 2.05) is 0 Å². The van der Waals surface area contributed by atoms with E-state index in [2.05, 4.69) is 15.1 Å². The van der Waals surface area contributed by atoms with E-state index in [9.17, 15) is 9.59 Å². The summed E-state index contributed by atoms with van der Waals surface area (Å²) < 4.78 is 6.37. The molecule has 8 nitrogen and oxygen atoms in total. The van der Waals surface area contributed by atoms with Gasteiger partial charge in [-0.3, -0.25) is 9.78 Å². The first-order chi connectivity index (χ1) is 10.1. The molecule has 0 spiro atoms. The number of para-hydroxylation sites is 1. The number of nitrogens with zero attached hydrogens (tertiary/aromatic N) is 3. The lowest BCUT2D eigenvalue weighted by Gasteiger charge is -2.06. The Morgan fingerprint density at radius 2 is 2.24 bits per heavy atom. The van der Waals surface area contributed by atoms with Gasteiger partial charge in [-0.05, 0) is 12.1 Å². The first-order valence-corrected chi connectivity index (χ1v) is 5.95. The van der Waals surface area contributed by atoms with Gasteiger partial charge in [0.1, 0.15) is 11.3 Å². The summed E-state index contributed by atoms with van der Waals surface area (Å²) in [6.45, 7) is 0. The number of aromatic amines is 1. The Hall–Kier alpha value is -3.16. The summed E-state index contributed by atoms with van der Waals surface area (Å²) >= 11 is 0. The number of aromatic nitrogens is 4. The van der Waals surface area contributed by atoms with Gasteiger partial charge in [-0.25, -0.2) is 14.5 Å². The van der Waals surface area contributed by atoms with Crippen LogP contribution < -0.4 is 10.3 Å². The molecular weight excluding hydrogens is 276 g/mol. The number of nitrogens with one attached hydrogen (secondary N) is 1. The van der Waals surface area contributed by atoms with Gasteiger partial charge in [0.05, 0.1) is 24.3 Å². The van der Waals surface area contributed by atoms with Crippen LogP contribution in [0.2, 0.25) is 0 Å². The highest BCUT2D eigenvalue weighted by Crippen LogP contribution is 2.21. The second kappa shape index (κ2) is 4.75. The van der Waals surface area contributed by atoms with Crippen molar-refractivity contribution in [3.05, 3.63) is 46.5 Å². The third-order valence-corrected chi connectivity index (χ3v) is 2.95. The van der Waals surface area contributed by atoms with Crippen molar-refractivity contribution < 1.29 is 14.6 Å². The minimum Gasteiger partial charge on any atom is -0.494 e. The predicted molar refractivity (Wildman–Crippen MR) is 73.0 cm³/mol. The smallest absolute Gasteiger partial charge is 0.338 e. The number of carbonyl (C=O) groups is 1. The summed E-state index contributed by atoms with van der Waals surface area (Å²) in [4.78, 5) is 29.8. The third kappa shape index (κ3) is 2.12. The lowest BCUT2D eigenvalue weighted by atomic mass is 10.2. The number of hydrogen-bond acceptors (Lipinski definition) is 5. The molecule has 3 aromatic rings. The zero-order valence-corrected chi connectivity index (χ0v) is 10.9. The van der Waals surface area contributed by atoms with Gasteiger partial charge in [0.2, 0.25) is 5.95 Å². The van der Waals surface area contributed by atoms with Crippen molar-refractivity contribution in [1.29, 1.82) is 0 Å². The second-order valence-corrected chi connectivity index (χ2v) is 4.22. The van der Waals surface area contributed by atoms with Crippen molar-refractivity contribution in [3.8, 4) is 11.7 Å². The summed E-state index contributed by atoms with van der Waals surface area (Å²) in [5.74, 6) is -0.545. The summed E-state index contributed by atoms with van der Waals surface area (Å²) in [5.41, 5.74) is 0.0187. The molecule has 3 rings (SSSR count). The van der Waals surface area contributed by atoms with Crippen molar-refractivity contribution in [2.75, 3.05) is 7.11 Å². The summed E-state index contributed by atoms with van der Waals surface area (Å²) in [6.07, 6.45) is 2.44. The standard InChI is InChI=1S/C13H10N4O4/c1-21-9-4-2-3-8-10(9)15-13(16-11(8)18)17-6-7(5-14-17)12(19)20/h2-6H,1H3,(H,19,20)(H,15,16,18). The van der Waals surface area contributed by atoms with Crippen LogP contribution in [0.25, 0.3) is 16.9 Å². The van der Waals surface area contributed by atoms with Gasteiger partial charge in [-0.1, -0.05) is 6.07 Å². The number of benzene rings is 1. The van der Waals surface area contributed by atoms with Crippen LogP contribution in [-0.4, -0.2) is 37.9 Å². The fourth-order valence-corrected chi connectivity index (χ4v) is 1.95. The number of aromatic carboxylic acids is 1. The van der Waals surface area contributed by atoms with E-state index in [1.54, 1.807) is 18.2 Å². The maximum Gasteiger partial charge on any atom is 0.338 e. The van der Waals surface area contributed by atoms with Gasteiger partial charge >= 0.3 is 5.97 Å². The third-order valence-electron chi connectivity index (χ3n) is 2.95. The second-order valence-electron chi connectivity index (χ2n) is 4.22. The van der Waals surface area contributed by atoms with Crippen LogP contribution in [0.4, 0.5) is 0 Å². The Kier molecular flexibility index (Phi) is 2.90. The van der Waals surface area contributed by atoms with Gasteiger partial charge in [-0.2, -0.15) is 5.10 Å². The maximum atomic E-state index is 12.1. The highest BCUT2D eigenvalue weighted by atomic mass is 16.5. The molecule has 0 unspecified atom stereocenters. The van der Waals surface area contributed by atoms with Crippen molar-refractivity contribution in [2.45, 2.75) is 0 Å². The Morgan fingerprint density at radius 1 is 1.43 bits per heavy atom. The van der Waals surface area contributed by atoms with Gasteiger partial charge in [0.15, 0.2) is 0 Å². The molecule has 0 amide bonds. The van der Waals surface area contributed by atoms with Crippen molar-refractivity contribution in [1.82, 2.24) is 19.7 Å². The van der Waals surface area contributed by atoms with Crippen LogP contribution >= 0.6 is 0 Å². The lowest BCUT2D eigenvalue weighted by molar-refractivity contribution is 0.0697. The van der Waals surface area contributed by atoms with E-state index in [0.29, 0.717) is 16.7 Å². The van der Waals surface area contributed by atoms with Gasteiger partial charge in [0, 0.05) is 6.20 Å². The maximum absolute atomic E-state index is 12.1. The van der Waals surface area contributed by atoms with Crippen LogP contribution in [-0.2, 0) is 0 Å². The average molecular weight is 286 g/mol. The van der Waals surface area contributed by atoms with E-state index in [4.69, 9.17) is 9.84 Å². The molecule has 1 aromatic carbocycles. The lowest BCUT2D eigenvalue weighted by Crippen LogP contribution is -2.14. The molecule has 0 radical (unpaired) electrons. The molecule has 2 heterocycles. The molecule has 2 N–H and O–H groups in total. The molecule has 0 saturated heterocycles. The zero-order chi connectivity index (χ0) is 15.0. The molecule has 0 aliphatic carbocycles. The highest BCUT2D eigenvalue weighted by Gasteiger charge is 2.12. The number of ether oxygens (including phenoxy) is 1. The van der Waals surface area contributed by atoms with Crippen molar-refractivity contribution in [2.24, 2.45) is 0 Å². The van der Waals surface area contributed by atoms with Crippen LogP contribution in [0.1, 0.15) is 10.4 Å². The van der Waals surface area contributed by atoms with E-state index in [1.165, 1.54) is 24.2 Å². The van der Waals surface area contributed by atoms with E-state index in [-0.39, 0.29) is 17.1 Å². The molecule has 0 saturated carbocycles. The molecule has 0 atom stereocenters. The van der Waals surface area contributed by atoms with E-state index in [0.717, 1.165) is 0 Å². The minimum absolute atomic E-state index is 0.00206. The average Bonchev–Trinajstić information content (AvgIpc) is 2.96. The quantitative estimate of drug-likeness (QED) is 0.737. The first-order valence-electron chi connectivity index (χ1n) is 5.95. The summed E-state index contributed by atoms with van der Waals surface area (Å²) in [7, 11) is 1.48. The normalized spacial score (nSPS) is 10.7. The molecular formula is C13H10N4O4. The highest BCUT2D eigenvalue weighted by molar-refractivity contribution is 5.87. The summed E-state index contributed by atoms with van der Waals surface area (Å²) in [5, 5.41) is 13.1. The van der Waals surface area contributed by atoms with Crippen LogP contribution in [0.5, 0.6) is 5.75 Å². The zero-order valence-electron chi connectivity index (χ0n) is 10.9. The van der Waals surface area contributed by atoms with E-state index < -0.39 is 5.97 Å². The molecule has 2 aromatic heterocycles. The Balaban J connectivity index is 2.23. The van der Waals surface area contributed by atoms with Crippen LogP contribution in [0, 0.1) is 0 Å². The number of carboxylic acid groups (broad SMARTS) is 1. The SMILES string of the molecule is COc1cccc2c(=O)[nH]c(-n3cc(C(=O)O)cn3)nc12. The predicted octanol–water partition coefficient (Wildman–Crippen LogP) is 0.816. The molecule has 0 aliphatic heterocycles. The first kappa shape index (κ1) is 12.9. The number of fused-ring (bicyclic) bond motifs is 1. The number of hydrogen-bond donors (Lipinski definition) is 2. The monoisotopic (exact) mass is 286 g/mol. The Bertz CT molecular complexity index is 897. The number of rotatable bonds is 3. The molecule has 106 valence electrons. The summed E-state index contributed by atoms with van der Waals surface area (Å²) in [6, 6.07) is 5.00. The fourth-order valence-electron chi connectivity index (χ4n) is 1.95. The largest absolute Gasteiger partial charge is 0.494 e. The van der Waals surface area contributed by atoms with Crippen molar-refractivity contribution >= 4 is 16.9 Å². The molecule has 0 bridgehead atoms. The number of methoxy groups -OCH3 is 1. The molecule has 0 aliphatic rings. The van der Waals surface area contributed by atoms with Gasteiger partial charge in [0.25, 0.3) is 5.56 Å². The van der Waals surface area contributed by atoms with Gasteiger partial charge < -0.3 is 9.84 Å². The molecule has 8 heteroatoms. The Morgan fingerprint density at radius 3 is 2.90 bits per heavy atom. The number of carboxylic acids is 1. The van der Waals surface area contributed by atoms with Gasteiger partial charge in [-0.15, -0.1) is 0 Å². The molecule has 0 fully saturated rings.